The van der Waals surface area contributed by atoms with Gasteiger partial charge in [-0.3, -0.25) is 9.59 Å². The average Bonchev–Trinajstić information content (AvgIpc) is 2.35. The SMILES string of the molecule is CC(CC(=O)O)NC(=O)CC/C=C/c1ccccc1. The van der Waals surface area contributed by atoms with Crippen molar-refractivity contribution in [2.24, 2.45) is 0 Å². The fourth-order valence-corrected chi connectivity index (χ4v) is 1.66. The summed E-state index contributed by atoms with van der Waals surface area (Å²) < 4.78 is 0. The maximum absolute atomic E-state index is 11.5. The number of carbonyl (C=O) groups excluding carboxylic acids is 1. The lowest BCUT2D eigenvalue weighted by Gasteiger charge is -2.10. The van der Waals surface area contributed by atoms with Crippen LogP contribution in [0.25, 0.3) is 6.08 Å². The predicted octanol–water partition coefficient (Wildman–Crippen LogP) is 2.46. The highest BCUT2D eigenvalue weighted by molar-refractivity contribution is 5.77. The molecule has 1 rings (SSSR count). The van der Waals surface area contributed by atoms with Gasteiger partial charge in [0, 0.05) is 12.5 Å². The van der Waals surface area contributed by atoms with Crippen LogP contribution >= 0.6 is 0 Å². The van der Waals surface area contributed by atoms with Gasteiger partial charge in [0.25, 0.3) is 0 Å². The molecular formula is C15H19NO3. The van der Waals surface area contributed by atoms with Crippen LogP contribution in [0.15, 0.2) is 36.4 Å². The van der Waals surface area contributed by atoms with Crippen molar-refractivity contribution in [3.63, 3.8) is 0 Å². The van der Waals surface area contributed by atoms with Crippen molar-refractivity contribution < 1.29 is 14.7 Å². The molecule has 1 unspecified atom stereocenters. The number of benzene rings is 1. The largest absolute Gasteiger partial charge is 0.481 e. The number of rotatable bonds is 7. The van der Waals surface area contributed by atoms with Gasteiger partial charge in [-0.2, -0.15) is 0 Å². The minimum Gasteiger partial charge on any atom is -0.481 e. The molecule has 19 heavy (non-hydrogen) atoms. The van der Waals surface area contributed by atoms with Crippen molar-refractivity contribution >= 4 is 18.0 Å². The molecule has 4 nitrogen and oxygen atoms in total. The number of carbonyl (C=O) groups is 2. The third-order valence-electron chi connectivity index (χ3n) is 2.54. The van der Waals surface area contributed by atoms with Crippen molar-refractivity contribution in [3.05, 3.63) is 42.0 Å². The van der Waals surface area contributed by atoms with Crippen LogP contribution in [0.1, 0.15) is 31.7 Å². The molecule has 102 valence electrons. The van der Waals surface area contributed by atoms with Gasteiger partial charge in [0.1, 0.15) is 0 Å². The van der Waals surface area contributed by atoms with Crippen LogP contribution in [0.4, 0.5) is 0 Å². The summed E-state index contributed by atoms with van der Waals surface area (Å²) in [7, 11) is 0. The van der Waals surface area contributed by atoms with Crippen LogP contribution in [0.5, 0.6) is 0 Å². The van der Waals surface area contributed by atoms with Crippen LogP contribution in [0.2, 0.25) is 0 Å². The number of carboxylic acid groups (broad SMARTS) is 1. The monoisotopic (exact) mass is 261 g/mol. The number of nitrogens with one attached hydrogen (secondary N) is 1. The Morgan fingerprint density at radius 1 is 1.32 bits per heavy atom. The van der Waals surface area contributed by atoms with Crippen molar-refractivity contribution in [2.45, 2.75) is 32.2 Å². The molecule has 1 atom stereocenters. The minimum absolute atomic E-state index is 0.0500. The Kier molecular flexibility index (Phi) is 6.36. The van der Waals surface area contributed by atoms with Gasteiger partial charge in [0.2, 0.25) is 5.91 Å². The molecule has 0 heterocycles. The van der Waals surface area contributed by atoms with E-state index in [0.717, 1.165) is 5.56 Å². The van der Waals surface area contributed by atoms with Crippen LogP contribution in [0, 0.1) is 0 Å². The number of allylic oxidation sites excluding steroid dienone is 1. The molecule has 0 radical (unpaired) electrons. The maximum Gasteiger partial charge on any atom is 0.305 e. The average molecular weight is 261 g/mol. The van der Waals surface area contributed by atoms with Crippen LogP contribution in [-0.2, 0) is 9.59 Å². The summed E-state index contributed by atoms with van der Waals surface area (Å²) in [5.74, 6) is -1.02. The van der Waals surface area contributed by atoms with E-state index in [9.17, 15) is 9.59 Å². The second-order valence-electron chi connectivity index (χ2n) is 4.42. The lowest BCUT2D eigenvalue weighted by Crippen LogP contribution is -2.33. The summed E-state index contributed by atoms with van der Waals surface area (Å²) in [5.41, 5.74) is 1.10. The molecule has 0 aromatic heterocycles. The second kappa shape index (κ2) is 8.08. The third-order valence-corrected chi connectivity index (χ3v) is 2.54. The molecule has 1 aromatic rings. The molecule has 0 spiro atoms. The summed E-state index contributed by atoms with van der Waals surface area (Å²) in [5, 5.41) is 11.2. The van der Waals surface area contributed by atoms with Crippen molar-refractivity contribution in [1.29, 1.82) is 0 Å². The zero-order valence-corrected chi connectivity index (χ0v) is 11.0. The Balaban J connectivity index is 2.24. The van der Waals surface area contributed by atoms with Crippen LogP contribution in [-0.4, -0.2) is 23.0 Å². The van der Waals surface area contributed by atoms with Crippen molar-refractivity contribution in [2.75, 3.05) is 0 Å². The summed E-state index contributed by atoms with van der Waals surface area (Å²) in [6, 6.07) is 9.52. The molecule has 0 saturated carbocycles. The first-order valence-corrected chi connectivity index (χ1v) is 6.30. The van der Waals surface area contributed by atoms with Gasteiger partial charge in [0.15, 0.2) is 0 Å². The van der Waals surface area contributed by atoms with E-state index >= 15 is 0 Å². The minimum atomic E-state index is -0.906. The summed E-state index contributed by atoms with van der Waals surface area (Å²) >= 11 is 0. The first-order chi connectivity index (χ1) is 9.08. The number of hydrogen-bond donors (Lipinski definition) is 2. The number of hydrogen-bond acceptors (Lipinski definition) is 2. The standard InChI is InChI=1S/C15H19NO3/c1-12(11-15(18)19)16-14(17)10-6-5-9-13-7-3-2-4-8-13/h2-5,7-9,12H,6,10-11H2,1H3,(H,16,17)(H,18,19)/b9-5+. The summed E-state index contributed by atoms with van der Waals surface area (Å²) in [6.45, 7) is 1.69. The highest BCUT2D eigenvalue weighted by Crippen LogP contribution is 2.03. The van der Waals surface area contributed by atoms with Crippen molar-refractivity contribution in [1.82, 2.24) is 5.32 Å². The van der Waals surface area contributed by atoms with Crippen LogP contribution < -0.4 is 5.32 Å². The fourth-order valence-electron chi connectivity index (χ4n) is 1.66. The fraction of sp³-hybridized carbons (Fsp3) is 0.333. The molecule has 1 aromatic carbocycles. The Hall–Kier alpha value is -2.10. The molecule has 0 saturated heterocycles. The first kappa shape index (κ1) is 15.0. The zero-order valence-electron chi connectivity index (χ0n) is 11.0. The quantitative estimate of drug-likeness (QED) is 0.792. The van der Waals surface area contributed by atoms with Gasteiger partial charge < -0.3 is 10.4 Å². The van der Waals surface area contributed by atoms with E-state index < -0.39 is 5.97 Å². The highest BCUT2D eigenvalue weighted by Gasteiger charge is 2.09. The normalized spacial score (nSPS) is 12.3. The summed E-state index contributed by atoms with van der Waals surface area (Å²) in [4.78, 5) is 22.0. The van der Waals surface area contributed by atoms with Crippen LogP contribution in [0.3, 0.4) is 0 Å². The molecule has 2 N–H and O–H groups in total. The first-order valence-electron chi connectivity index (χ1n) is 6.30. The molecule has 0 aliphatic rings. The van der Waals surface area contributed by atoms with Gasteiger partial charge in [0.05, 0.1) is 6.42 Å². The lowest BCUT2D eigenvalue weighted by atomic mass is 10.2. The molecule has 0 bridgehead atoms. The van der Waals surface area contributed by atoms with Gasteiger partial charge in [-0.1, -0.05) is 42.5 Å². The Bertz CT molecular complexity index is 440. The number of aliphatic carboxylic acids is 1. The molecule has 1 amide bonds. The number of carboxylic acids is 1. The van der Waals surface area contributed by atoms with Crippen molar-refractivity contribution in [3.8, 4) is 0 Å². The van der Waals surface area contributed by atoms with E-state index in [2.05, 4.69) is 5.32 Å². The van der Waals surface area contributed by atoms with E-state index in [-0.39, 0.29) is 18.4 Å². The van der Waals surface area contributed by atoms with Gasteiger partial charge in [-0.15, -0.1) is 0 Å². The maximum atomic E-state index is 11.5. The van der Waals surface area contributed by atoms with Gasteiger partial charge in [-0.25, -0.2) is 0 Å². The summed E-state index contributed by atoms with van der Waals surface area (Å²) in [6.07, 6.45) is 4.87. The van der Waals surface area contributed by atoms with Gasteiger partial charge in [-0.05, 0) is 18.9 Å². The molecule has 0 aliphatic carbocycles. The van der Waals surface area contributed by atoms with E-state index in [1.54, 1.807) is 6.92 Å². The molecule has 0 aliphatic heterocycles. The zero-order chi connectivity index (χ0) is 14.1. The Morgan fingerprint density at radius 2 is 2.00 bits per heavy atom. The highest BCUT2D eigenvalue weighted by atomic mass is 16.4. The second-order valence-corrected chi connectivity index (χ2v) is 4.42. The van der Waals surface area contributed by atoms with E-state index in [1.807, 2.05) is 42.5 Å². The topological polar surface area (TPSA) is 66.4 Å². The van der Waals surface area contributed by atoms with E-state index in [0.29, 0.717) is 12.8 Å². The molecular weight excluding hydrogens is 242 g/mol. The molecule has 4 heteroatoms. The lowest BCUT2D eigenvalue weighted by molar-refractivity contribution is -0.137. The van der Waals surface area contributed by atoms with E-state index in [4.69, 9.17) is 5.11 Å². The van der Waals surface area contributed by atoms with Gasteiger partial charge >= 0.3 is 5.97 Å². The third kappa shape index (κ3) is 7.03. The van der Waals surface area contributed by atoms with E-state index in [1.165, 1.54) is 0 Å². The Labute approximate surface area is 113 Å². The smallest absolute Gasteiger partial charge is 0.305 e. The Morgan fingerprint density at radius 3 is 2.63 bits per heavy atom. The number of amides is 1. The molecule has 0 fully saturated rings. The predicted molar refractivity (Wildman–Crippen MR) is 74.6 cm³/mol.